The van der Waals surface area contributed by atoms with Gasteiger partial charge in [-0.1, -0.05) is 0 Å². The molecular weight excluding hydrogens is 436 g/mol. The van der Waals surface area contributed by atoms with Crippen molar-refractivity contribution in [2.24, 2.45) is 0 Å². The third-order valence-electron chi connectivity index (χ3n) is 2.11. The zero-order valence-corrected chi connectivity index (χ0v) is 16.4. The predicted molar refractivity (Wildman–Crippen MR) is 90.8 cm³/mol. The van der Waals surface area contributed by atoms with Crippen LogP contribution >= 0.6 is 32.6 Å². The number of pyridine rings is 1. The summed E-state index contributed by atoms with van der Waals surface area (Å²) in [5.41, 5.74) is 1.29. The van der Waals surface area contributed by atoms with E-state index in [2.05, 4.69) is 15.3 Å². The molecule has 0 aliphatic carbocycles. The van der Waals surface area contributed by atoms with Gasteiger partial charge in [0, 0.05) is 6.20 Å². The first-order valence-electron chi connectivity index (χ1n) is 6.17. The summed E-state index contributed by atoms with van der Waals surface area (Å²) in [6.07, 6.45) is 1.68. The number of aromatic nitrogens is 4. The van der Waals surface area contributed by atoms with E-state index in [1.807, 2.05) is 49.8 Å². The second-order valence-electron chi connectivity index (χ2n) is 4.93. The van der Waals surface area contributed by atoms with Gasteiger partial charge in [0.1, 0.15) is 5.52 Å². The molecule has 2 rings (SSSR count). The van der Waals surface area contributed by atoms with Crippen LogP contribution in [0.2, 0.25) is 0 Å². The van der Waals surface area contributed by atoms with Crippen LogP contribution < -0.4 is 4.84 Å². The Labute approximate surface area is 156 Å². The summed E-state index contributed by atoms with van der Waals surface area (Å²) in [6.45, 7) is 0. The zero-order valence-electron chi connectivity index (χ0n) is 13.9. The van der Waals surface area contributed by atoms with Crippen molar-refractivity contribution in [3.63, 3.8) is 0 Å². The molecule has 0 bridgehead atoms. The summed E-state index contributed by atoms with van der Waals surface area (Å²) in [7, 11) is -3.09. The molecule has 0 aliphatic rings. The van der Waals surface area contributed by atoms with Gasteiger partial charge >= 0.3 is 39.0 Å². The molecule has 0 saturated heterocycles. The van der Waals surface area contributed by atoms with E-state index < -0.39 is 7.81 Å². The van der Waals surface area contributed by atoms with E-state index in [4.69, 9.17) is 4.84 Å². The number of halogens is 8. The van der Waals surface area contributed by atoms with Crippen molar-refractivity contribution in [2.45, 2.75) is 0 Å². The van der Waals surface area contributed by atoms with E-state index in [1.165, 1.54) is 4.85 Å². The van der Waals surface area contributed by atoms with E-state index in [-0.39, 0.29) is 24.8 Å². The molecule has 0 fully saturated rings. The second-order valence-corrected chi connectivity index (χ2v) is 6.85. The standard InChI is InChI=1S/C10H15N6O.2ClH.F6P/c1-14(2)10(15(3)4)17-16-9-8(12-13-16)6-5-7-11-9;;;1-7(2,3,4,5)6/h5-7H,1-4H3;2*1H;/q+1;;;-1. The SMILES string of the molecule is CN(C)C(On1nnc2cccnc21)=[N+](C)C.Cl.Cl.F[P-](F)(F)(F)(F)F. The molecule has 2 aromatic heterocycles. The average molecular weight is 453 g/mol. The van der Waals surface area contributed by atoms with Crippen LogP contribution in [0, 0.1) is 0 Å². The number of hydrogen-bond acceptors (Lipinski definition) is 4. The summed E-state index contributed by atoms with van der Waals surface area (Å²) in [6, 6.07) is 4.28. The van der Waals surface area contributed by atoms with Gasteiger partial charge in [-0.3, -0.25) is 4.84 Å². The van der Waals surface area contributed by atoms with E-state index in [1.54, 1.807) is 6.20 Å². The third kappa shape index (κ3) is 11.1. The van der Waals surface area contributed by atoms with E-state index in [0.29, 0.717) is 17.2 Å². The number of fused-ring (bicyclic) bond motifs is 1. The fraction of sp³-hybridized carbons (Fsp3) is 0.400. The van der Waals surface area contributed by atoms with Crippen molar-refractivity contribution >= 4 is 49.8 Å². The monoisotopic (exact) mass is 452 g/mol. The fourth-order valence-electron chi connectivity index (χ4n) is 1.45. The van der Waals surface area contributed by atoms with Gasteiger partial charge in [0.15, 0.2) is 0 Å². The van der Waals surface area contributed by atoms with Crippen LogP contribution in [0.25, 0.3) is 11.2 Å². The van der Waals surface area contributed by atoms with Gasteiger partial charge in [-0.15, -0.1) is 29.9 Å². The summed E-state index contributed by atoms with van der Waals surface area (Å²) < 4.78 is 61.0. The zero-order chi connectivity index (χ0) is 18.8. The topological polar surface area (TPSA) is 59.1 Å². The van der Waals surface area contributed by atoms with Crippen molar-refractivity contribution < 1.29 is 34.6 Å². The first kappa shape index (κ1) is 26.6. The van der Waals surface area contributed by atoms with Crippen LogP contribution in [0.3, 0.4) is 0 Å². The molecule has 0 unspecified atom stereocenters. The third-order valence-corrected chi connectivity index (χ3v) is 2.11. The van der Waals surface area contributed by atoms with Crippen LogP contribution in [-0.4, -0.2) is 63.8 Å². The molecule has 2 aromatic rings. The number of nitrogens with zero attached hydrogens (tertiary/aromatic N) is 6. The molecule has 16 heteroatoms. The van der Waals surface area contributed by atoms with Gasteiger partial charge in [-0.2, -0.15) is 0 Å². The fourth-order valence-corrected chi connectivity index (χ4v) is 1.45. The molecule has 0 atom stereocenters. The molecule has 0 amide bonds. The molecule has 0 N–H and O–H groups in total. The summed E-state index contributed by atoms with van der Waals surface area (Å²) in [5, 5.41) is 7.87. The van der Waals surface area contributed by atoms with Gasteiger partial charge in [0.2, 0.25) is 5.65 Å². The predicted octanol–water partition coefficient (Wildman–Crippen LogP) is 3.67. The summed E-state index contributed by atoms with van der Waals surface area (Å²) in [4.78, 5) is 13.0. The minimum absolute atomic E-state index is 0. The first-order valence-corrected chi connectivity index (χ1v) is 8.20. The second kappa shape index (κ2) is 7.97. The number of rotatable bonds is 1. The van der Waals surface area contributed by atoms with E-state index in [9.17, 15) is 25.2 Å². The Kier molecular flexibility index (Phi) is 8.16. The van der Waals surface area contributed by atoms with Gasteiger partial charge < -0.3 is 0 Å². The molecule has 0 spiro atoms. The van der Waals surface area contributed by atoms with E-state index in [0.717, 1.165) is 0 Å². The van der Waals surface area contributed by atoms with Gasteiger partial charge in [-0.05, 0) is 22.2 Å². The van der Waals surface area contributed by atoms with Crippen molar-refractivity contribution in [3.05, 3.63) is 18.3 Å². The first-order chi connectivity index (χ1) is 10.5. The Balaban J connectivity index is 0. The Morgan fingerprint density at radius 1 is 1.12 bits per heavy atom. The normalized spacial score (nSPS) is 13.0. The van der Waals surface area contributed by atoms with E-state index >= 15 is 0 Å². The molecule has 2 heterocycles. The van der Waals surface area contributed by atoms with Crippen molar-refractivity contribution in [3.8, 4) is 0 Å². The molecular formula is C10H17Cl2F6N6OP. The van der Waals surface area contributed by atoms with Gasteiger partial charge in [0.25, 0.3) is 0 Å². The van der Waals surface area contributed by atoms with Crippen LogP contribution in [0.1, 0.15) is 0 Å². The molecule has 0 aromatic carbocycles. The quantitative estimate of drug-likeness (QED) is 0.217. The Bertz CT molecular complexity index is 751. The van der Waals surface area contributed by atoms with Crippen LogP contribution in [-0.2, 0) is 0 Å². The number of amidine groups is 1. The van der Waals surface area contributed by atoms with Gasteiger partial charge in [0.05, 0.1) is 28.2 Å². The van der Waals surface area contributed by atoms with Gasteiger partial charge in [-0.25, -0.2) is 14.5 Å². The van der Waals surface area contributed by atoms with Crippen LogP contribution in [0.15, 0.2) is 18.3 Å². The van der Waals surface area contributed by atoms with Crippen molar-refractivity contribution in [1.82, 2.24) is 25.0 Å². The Morgan fingerprint density at radius 3 is 2.04 bits per heavy atom. The Morgan fingerprint density at radius 2 is 1.62 bits per heavy atom. The van der Waals surface area contributed by atoms with Crippen LogP contribution in [0.4, 0.5) is 25.2 Å². The summed E-state index contributed by atoms with van der Waals surface area (Å²) >= 11 is 0. The number of hydrogen-bond donors (Lipinski definition) is 0. The molecule has 7 nitrogen and oxygen atoms in total. The Hall–Kier alpha value is -1.59. The van der Waals surface area contributed by atoms with Crippen LogP contribution in [0.5, 0.6) is 0 Å². The molecule has 0 radical (unpaired) electrons. The molecule has 0 aliphatic heterocycles. The van der Waals surface area contributed by atoms with Crippen molar-refractivity contribution in [2.75, 3.05) is 28.2 Å². The summed E-state index contributed by atoms with van der Waals surface area (Å²) in [5.74, 6) is 0. The maximum atomic E-state index is 9.87. The molecule has 26 heavy (non-hydrogen) atoms. The minimum atomic E-state index is -10.7. The van der Waals surface area contributed by atoms with Crippen molar-refractivity contribution in [1.29, 1.82) is 0 Å². The molecule has 154 valence electrons. The maximum absolute atomic E-state index is 10.7. The average Bonchev–Trinajstić information content (AvgIpc) is 2.74. The molecule has 0 saturated carbocycles.